The van der Waals surface area contributed by atoms with Gasteiger partial charge in [-0.1, -0.05) is 0 Å². The monoisotopic (exact) mass is 146 g/mol. The normalized spacial score (nSPS) is 2.25. The Balaban J connectivity index is -0.00000000500. The van der Waals surface area contributed by atoms with E-state index < -0.39 is 0 Å². The molecule has 5 heteroatoms. The van der Waals surface area contributed by atoms with Crippen molar-refractivity contribution in [2.75, 3.05) is 21.3 Å². The fraction of sp³-hybridized carbons (Fsp3) is 1.00. The third-order valence-electron chi connectivity index (χ3n) is 0. The SMILES string of the molecule is C[O-].C[O-].C[O-].[Al+3].[MgH2]. The van der Waals surface area contributed by atoms with Gasteiger partial charge in [0.25, 0.3) is 0 Å². The van der Waals surface area contributed by atoms with Crippen molar-refractivity contribution in [3.8, 4) is 0 Å². The summed E-state index contributed by atoms with van der Waals surface area (Å²) in [6.45, 7) is 0. The topological polar surface area (TPSA) is 69.2 Å². The van der Waals surface area contributed by atoms with Gasteiger partial charge in [0, 0.05) is 0 Å². The van der Waals surface area contributed by atoms with Crippen LogP contribution in [-0.4, -0.2) is 61.7 Å². The molecule has 0 radical (unpaired) electrons. The van der Waals surface area contributed by atoms with Crippen molar-refractivity contribution in [2.24, 2.45) is 0 Å². The molecule has 0 aromatic rings. The molecule has 3 nitrogen and oxygen atoms in total. The first-order valence-corrected chi connectivity index (χ1v) is 1.22. The average molecular weight is 146 g/mol. The Morgan fingerprint density at radius 3 is 0.625 bits per heavy atom. The van der Waals surface area contributed by atoms with E-state index in [1.807, 2.05) is 0 Å². The molecule has 0 aliphatic carbocycles. The van der Waals surface area contributed by atoms with Crippen LogP contribution in [0.15, 0.2) is 0 Å². The fourth-order valence-corrected chi connectivity index (χ4v) is 0. The van der Waals surface area contributed by atoms with Crippen LogP contribution in [0.3, 0.4) is 0 Å². The van der Waals surface area contributed by atoms with E-state index in [4.69, 9.17) is 15.3 Å². The average Bonchev–Trinajstić information content (AvgIpc) is 1.81. The first-order chi connectivity index (χ1) is 3.00. The molecule has 0 saturated carbocycles. The molecule has 0 saturated heterocycles. The third-order valence-corrected chi connectivity index (χ3v) is 0. The minimum atomic E-state index is 0. The molecule has 0 bridgehead atoms. The molecule has 0 unspecified atom stereocenters. The summed E-state index contributed by atoms with van der Waals surface area (Å²) >= 11 is 0. The molecule has 0 aliphatic heterocycles. The van der Waals surface area contributed by atoms with Gasteiger partial charge in [-0.3, -0.25) is 0 Å². The van der Waals surface area contributed by atoms with Gasteiger partial charge in [-0.05, 0) is 0 Å². The van der Waals surface area contributed by atoms with Crippen molar-refractivity contribution in [1.82, 2.24) is 0 Å². The first-order valence-electron chi connectivity index (χ1n) is 1.22. The maximum Gasteiger partial charge on any atom is 3.00 e. The quantitative estimate of drug-likeness (QED) is 0.324. The van der Waals surface area contributed by atoms with Crippen LogP contribution >= 0.6 is 0 Å². The van der Waals surface area contributed by atoms with E-state index in [9.17, 15) is 0 Å². The smallest absolute Gasteiger partial charge is 0.857 e. The van der Waals surface area contributed by atoms with Crippen molar-refractivity contribution in [1.29, 1.82) is 0 Å². The summed E-state index contributed by atoms with van der Waals surface area (Å²) in [6.07, 6.45) is 0. The Morgan fingerprint density at radius 1 is 0.625 bits per heavy atom. The molecule has 0 heterocycles. The zero-order chi connectivity index (χ0) is 6.00. The maximum absolute atomic E-state index is 8.25. The second-order valence-electron chi connectivity index (χ2n) is 0. The Morgan fingerprint density at radius 2 is 0.625 bits per heavy atom. The van der Waals surface area contributed by atoms with Gasteiger partial charge in [0.2, 0.25) is 0 Å². The van der Waals surface area contributed by atoms with Gasteiger partial charge < -0.3 is 15.3 Å². The van der Waals surface area contributed by atoms with Crippen LogP contribution in [0.5, 0.6) is 0 Å². The summed E-state index contributed by atoms with van der Waals surface area (Å²) in [7, 11) is 2.25. The van der Waals surface area contributed by atoms with Crippen LogP contribution in [0.25, 0.3) is 0 Å². The second kappa shape index (κ2) is 303. The molecular formula is C3H11AlMgO3. The number of rotatable bonds is 0. The van der Waals surface area contributed by atoms with E-state index in [-0.39, 0.29) is 40.4 Å². The van der Waals surface area contributed by atoms with Crippen molar-refractivity contribution >= 4 is 40.4 Å². The van der Waals surface area contributed by atoms with Crippen molar-refractivity contribution in [3.05, 3.63) is 0 Å². The minimum absolute atomic E-state index is 0. The van der Waals surface area contributed by atoms with Gasteiger partial charge in [-0.25, -0.2) is 0 Å². The number of hydrogen-bond acceptors (Lipinski definition) is 3. The van der Waals surface area contributed by atoms with E-state index >= 15 is 0 Å². The molecule has 0 rings (SSSR count). The van der Waals surface area contributed by atoms with Crippen LogP contribution in [0.1, 0.15) is 0 Å². The van der Waals surface area contributed by atoms with E-state index in [0.29, 0.717) is 0 Å². The summed E-state index contributed by atoms with van der Waals surface area (Å²) in [6, 6.07) is 0. The largest absolute Gasteiger partial charge is 3.00 e. The zero-order valence-electron chi connectivity index (χ0n) is 4.80. The van der Waals surface area contributed by atoms with Crippen molar-refractivity contribution < 1.29 is 15.3 Å². The first kappa shape index (κ1) is 35.2. The summed E-state index contributed by atoms with van der Waals surface area (Å²) in [5.41, 5.74) is 0. The molecule has 0 spiro atoms. The summed E-state index contributed by atoms with van der Waals surface area (Å²) in [5.74, 6) is 0. The molecular weight excluding hydrogens is 135 g/mol. The molecule has 0 aliphatic rings. The van der Waals surface area contributed by atoms with E-state index in [1.165, 1.54) is 0 Å². The Hall–Kier alpha value is 1.18. The zero-order valence-corrected chi connectivity index (χ0v) is 5.96. The Kier molecular flexibility index (Phi) is 1330. The van der Waals surface area contributed by atoms with Gasteiger partial charge in [0.15, 0.2) is 0 Å². The van der Waals surface area contributed by atoms with Crippen LogP contribution in [0.4, 0.5) is 0 Å². The Bertz CT molecular complexity index is 14.5. The molecule has 46 valence electrons. The summed E-state index contributed by atoms with van der Waals surface area (Å²) in [5, 5.41) is 24.8. The minimum Gasteiger partial charge on any atom is -0.857 e. The molecule has 0 N–H and O–H groups in total. The molecule has 0 amide bonds. The summed E-state index contributed by atoms with van der Waals surface area (Å²) in [4.78, 5) is 0. The molecule has 0 aromatic carbocycles. The third kappa shape index (κ3) is 197. The predicted octanol–water partition coefficient (Wildman–Crippen LogP) is -4.37. The maximum atomic E-state index is 8.25. The van der Waals surface area contributed by atoms with Crippen LogP contribution in [0, 0.1) is 0 Å². The predicted molar refractivity (Wildman–Crippen MR) is 32.1 cm³/mol. The molecule has 8 heavy (non-hydrogen) atoms. The van der Waals surface area contributed by atoms with Gasteiger partial charge >= 0.3 is 40.4 Å². The van der Waals surface area contributed by atoms with Crippen molar-refractivity contribution in [2.45, 2.75) is 0 Å². The molecule has 0 fully saturated rings. The molecule has 0 atom stereocenters. The van der Waals surface area contributed by atoms with E-state index in [0.717, 1.165) is 21.3 Å². The van der Waals surface area contributed by atoms with Gasteiger partial charge in [-0.15, -0.1) is 0 Å². The fourth-order valence-electron chi connectivity index (χ4n) is 0. The van der Waals surface area contributed by atoms with Crippen LogP contribution in [0.2, 0.25) is 0 Å². The van der Waals surface area contributed by atoms with Crippen LogP contribution in [-0.2, 0) is 0 Å². The van der Waals surface area contributed by atoms with E-state index in [2.05, 4.69) is 0 Å². The van der Waals surface area contributed by atoms with E-state index in [1.54, 1.807) is 0 Å². The standard InChI is InChI=1S/3CH3O.Al.Mg.2H/c3*1-2;;;;/h3*1H3;;;;/q3*-1;+3;;;. The van der Waals surface area contributed by atoms with Gasteiger partial charge in [0.1, 0.15) is 0 Å². The Labute approximate surface area is 77.0 Å². The molecule has 0 aromatic heterocycles. The van der Waals surface area contributed by atoms with Crippen molar-refractivity contribution in [3.63, 3.8) is 0 Å². The number of hydrogen-bond donors (Lipinski definition) is 0. The van der Waals surface area contributed by atoms with Gasteiger partial charge in [0.05, 0.1) is 0 Å². The van der Waals surface area contributed by atoms with Crippen LogP contribution < -0.4 is 15.3 Å². The summed E-state index contributed by atoms with van der Waals surface area (Å²) < 4.78 is 0. The second-order valence-corrected chi connectivity index (χ2v) is 0. The van der Waals surface area contributed by atoms with Gasteiger partial charge in [-0.2, -0.15) is 21.3 Å².